The third-order valence-electron chi connectivity index (χ3n) is 6.69. The number of carbonyl (C=O) groups excluding carboxylic acids is 1. The smallest absolute Gasteiger partial charge is 0.199 e. The highest BCUT2D eigenvalue weighted by atomic mass is 16.7. The Morgan fingerprint density at radius 1 is 1.09 bits per heavy atom. The summed E-state index contributed by atoms with van der Waals surface area (Å²) in [5.74, 6) is -0.830. The summed E-state index contributed by atoms with van der Waals surface area (Å²) in [6.45, 7) is 2.88. The first-order valence-electron chi connectivity index (χ1n) is 11.1. The van der Waals surface area contributed by atoms with Crippen LogP contribution in [-0.4, -0.2) is 108 Å². The fourth-order valence-corrected chi connectivity index (χ4v) is 4.43. The molecule has 3 fully saturated rings. The fraction of sp³-hybridized carbons (Fsp3) is 0.950. The molecule has 10 N–H and O–H groups in total. The molecule has 0 bridgehead atoms. The Morgan fingerprint density at radius 2 is 1.69 bits per heavy atom. The van der Waals surface area contributed by atoms with Gasteiger partial charge < -0.3 is 56.8 Å². The molecule has 1 aliphatic carbocycles. The summed E-state index contributed by atoms with van der Waals surface area (Å²) in [7, 11) is 1.84. The summed E-state index contributed by atoms with van der Waals surface area (Å²) < 4.78 is 23.1. The molecule has 1 saturated carbocycles. The van der Waals surface area contributed by atoms with E-state index in [-0.39, 0.29) is 25.2 Å². The van der Waals surface area contributed by atoms with Gasteiger partial charge in [-0.05, 0) is 40.2 Å². The number of ketones is 1. The molecular formula is C20H38N4O8. The Balaban J connectivity index is 1.68. The normalized spacial score (nSPS) is 49.1. The van der Waals surface area contributed by atoms with Gasteiger partial charge >= 0.3 is 0 Å². The second-order valence-electron chi connectivity index (χ2n) is 9.38. The maximum absolute atomic E-state index is 12.2. The van der Waals surface area contributed by atoms with Crippen molar-refractivity contribution >= 4 is 5.78 Å². The van der Waals surface area contributed by atoms with Crippen LogP contribution in [0.1, 0.15) is 33.1 Å². The van der Waals surface area contributed by atoms with E-state index in [1.807, 2.05) is 14.0 Å². The Bertz CT molecular complexity index is 655. The van der Waals surface area contributed by atoms with Gasteiger partial charge in [0.2, 0.25) is 0 Å². The third kappa shape index (κ3) is 5.31. The van der Waals surface area contributed by atoms with Crippen molar-refractivity contribution in [2.75, 3.05) is 13.7 Å². The molecule has 186 valence electrons. The van der Waals surface area contributed by atoms with Crippen LogP contribution in [0.25, 0.3) is 0 Å². The van der Waals surface area contributed by atoms with E-state index in [0.717, 1.165) is 6.42 Å². The number of rotatable bonds is 6. The van der Waals surface area contributed by atoms with Gasteiger partial charge in [-0.1, -0.05) is 0 Å². The fourth-order valence-electron chi connectivity index (χ4n) is 4.43. The van der Waals surface area contributed by atoms with Crippen LogP contribution < -0.4 is 22.5 Å². The standard InChI is InChI=1S/C20H38N4O8/c1-8(24-3)12-5-4-9(21)18(30-12)31-15-10(22)6-11(23)16(13(15)25)32-19-14(26)17(27)20(2,28)7-29-19/h8-16,18-19,24-26,28H,4-7,21-23H2,1-3H3. The van der Waals surface area contributed by atoms with Crippen LogP contribution in [0.5, 0.6) is 0 Å². The van der Waals surface area contributed by atoms with Crippen molar-refractivity contribution in [3.8, 4) is 0 Å². The molecular weight excluding hydrogens is 424 g/mol. The number of nitrogens with one attached hydrogen (secondary N) is 1. The minimum atomic E-state index is -1.82. The Morgan fingerprint density at radius 3 is 2.28 bits per heavy atom. The van der Waals surface area contributed by atoms with Crippen molar-refractivity contribution in [1.29, 1.82) is 0 Å². The van der Waals surface area contributed by atoms with Gasteiger partial charge in [-0.25, -0.2) is 0 Å². The number of hydrogen-bond acceptors (Lipinski definition) is 12. The first kappa shape index (κ1) is 25.8. The maximum Gasteiger partial charge on any atom is 0.199 e. The zero-order valence-corrected chi connectivity index (χ0v) is 18.8. The number of carbonyl (C=O) groups is 1. The van der Waals surface area contributed by atoms with Crippen LogP contribution in [0, 0.1) is 0 Å². The van der Waals surface area contributed by atoms with Gasteiger partial charge in [-0.2, -0.15) is 0 Å². The molecule has 2 heterocycles. The first-order valence-corrected chi connectivity index (χ1v) is 11.1. The first-order chi connectivity index (χ1) is 15.0. The highest BCUT2D eigenvalue weighted by Crippen LogP contribution is 2.30. The number of aliphatic hydroxyl groups excluding tert-OH is 2. The van der Waals surface area contributed by atoms with Crippen LogP contribution in [0.4, 0.5) is 0 Å². The van der Waals surface area contributed by atoms with Gasteiger partial charge in [0.1, 0.15) is 23.9 Å². The number of Topliss-reactive ketones (excluding diaryl/α,β-unsaturated/α-hetero) is 1. The number of hydrogen-bond donors (Lipinski definition) is 7. The van der Waals surface area contributed by atoms with E-state index < -0.39 is 66.5 Å². The lowest BCUT2D eigenvalue weighted by atomic mass is 9.84. The van der Waals surface area contributed by atoms with Crippen molar-refractivity contribution in [2.24, 2.45) is 17.2 Å². The van der Waals surface area contributed by atoms with Gasteiger partial charge in [0.15, 0.2) is 24.5 Å². The summed E-state index contributed by atoms with van der Waals surface area (Å²) in [4.78, 5) is 12.2. The minimum Gasteiger partial charge on any atom is -0.388 e. The Labute approximate surface area is 187 Å². The molecule has 0 radical (unpaired) electrons. The van der Waals surface area contributed by atoms with Crippen molar-refractivity contribution in [3.63, 3.8) is 0 Å². The highest BCUT2D eigenvalue weighted by Gasteiger charge is 2.50. The van der Waals surface area contributed by atoms with E-state index >= 15 is 0 Å². The molecule has 2 aliphatic heterocycles. The second kappa shape index (κ2) is 10.2. The van der Waals surface area contributed by atoms with Crippen molar-refractivity contribution in [1.82, 2.24) is 5.32 Å². The molecule has 32 heavy (non-hydrogen) atoms. The van der Waals surface area contributed by atoms with Gasteiger partial charge in [-0.15, -0.1) is 0 Å². The zero-order valence-electron chi connectivity index (χ0n) is 18.8. The van der Waals surface area contributed by atoms with E-state index in [4.69, 9.17) is 36.1 Å². The van der Waals surface area contributed by atoms with Crippen LogP contribution in [0.2, 0.25) is 0 Å². The monoisotopic (exact) mass is 462 g/mol. The average Bonchev–Trinajstić information content (AvgIpc) is 2.74. The molecule has 0 aromatic carbocycles. The quantitative estimate of drug-likeness (QED) is 0.207. The summed E-state index contributed by atoms with van der Waals surface area (Å²) in [6.07, 6.45) is -5.54. The van der Waals surface area contributed by atoms with Gasteiger partial charge in [0.05, 0.1) is 18.8 Å². The van der Waals surface area contributed by atoms with E-state index in [1.54, 1.807) is 0 Å². The maximum atomic E-state index is 12.2. The topological polar surface area (TPSA) is 205 Å². The molecule has 0 aromatic heterocycles. The summed E-state index contributed by atoms with van der Waals surface area (Å²) >= 11 is 0. The van der Waals surface area contributed by atoms with Crippen LogP contribution in [-0.2, 0) is 23.7 Å². The second-order valence-corrected chi connectivity index (χ2v) is 9.38. The predicted octanol–water partition coefficient (Wildman–Crippen LogP) is -3.35. The average molecular weight is 463 g/mol. The largest absolute Gasteiger partial charge is 0.388 e. The molecule has 0 aromatic rings. The summed E-state index contributed by atoms with van der Waals surface area (Å²) in [6, 6.07) is -1.63. The van der Waals surface area contributed by atoms with Crippen molar-refractivity contribution in [2.45, 2.75) is 106 Å². The van der Waals surface area contributed by atoms with Crippen molar-refractivity contribution in [3.05, 3.63) is 0 Å². The molecule has 3 rings (SSSR count). The van der Waals surface area contributed by atoms with Crippen molar-refractivity contribution < 1.29 is 39.1 Å². The van der Waals surface area contributed by atoms with E-state index in [9.17, 15) is 20.1 Å². The van der Waals surface area contributed by atoms with E-state index in [1.165, 1.54) is 6.92 Å². The molecule has 2 saturated heterocycles. The summed E-state index contributed by atoms with van der Waals surface area (Å²) in [5, 5.41) is 34.3. The molecule has 0 spiro atoms. The zero-order chi connectivity index (χ0) is 23.8. The SMILES string of the molecule is CNC(C)C1CCC(N)C(OC2C(N)CC(N)C(OC3OCC(C)(O)C(=O)C3O)C2O)O1. The lowest BCUT2D eigenvalue weighted by molar-refractivity contribution is -0.291. The van der Waals surface area contributed by atoms with Crippen LogP contribution >= 0.6 is 0 Å². The molecule has 12 nitrogen and oxygen atoms in total. The molecule has 12 unspecified atom stereocenters. The highest BCUT2D eigenvalue weighted by molar-refractivity contribution is 5.91. The number of ether oxygens (including phenoxy) is 4. The van der Waals surface area contributed by atoms with Gasteiger partial charge in [0, 0.05) is 18.1 Å². The minimum absolute atomic E-state index is 0.0859. The van der Waals surface area contributed by atoms with Gasteiger partial charge in [-0.3, -0.25) is 4.79 Å². The predicted molar refractivity (Wildman–Crippen MR) is 112 cm³/mol. The van der Waals surface area contributed by atoms with Crippen LogP contribution in [0.15, 0.2) is 0 Å². The lowest BCUT2D eigenvalue weighted by Gasteiger charge is -2.46. The van der Waals surface area contributed by atoms with E-state index in [0.29, 0.717) is 6.42 Å². The number of aliphatic hydroxyl groups is 3. The molecule has 12 atom stereocenters. The molecule has 0 amide bonds. The van der Waals surface area contributed by atoms with Crippen LogP contribution in [0.3, 0.4) is 0 Å². The number of likely N-dealkylation sites (N-methyl/N-ethyl adjacent to an activating group) is 1. The Kier molecular flexibility index (Phi) is 8.27. The third-order valence-corrected chi connectivity index (χ3v) is 6.69. The Hall–Kier alpha value is -0.770. The number of nitrogens with two attached hydrogens (primary N) is 3. The van der Waals surface area contributed by atoms with Gasteiger partial charge in [0.25, 0.3) is 0 Å². The lowest BCUT2D eigenvalue weighted by Crippen LogP contribution is -2.66. The molecule has 3 aliphatic rings. The summed E-state index contributed by atoms with van der Waals surface area (Å²) in [5.41, 5.74) is 16.8. The molecule has 12 heteroatoms. The van der Waals surface area contributed by atoms with E-state index in [2.05, 4.69) is 5.32 Å².